The highest BCUT2D eigenvalue weighted by atomic mass is 16.6. The van der Waals surface area contributed by atoms with Crippen molar-refractivity contribution in [3.05, 3.63) is 132 Å². The lowest BCUT2D eigenvalue weighted by Gasteiger charge is -2.20. The van der Waals surface area contributed by atoms with Crippen molar-refractivity contribution in [2.45, 2.75) is 0 Å². The standard InChI is InChI=1S/C48H46O8/c1-3-37-13-19-41(20-14-37)53-33-29-49-25-27-51-31-35-55-45-23-17-39-9-5-7-11-43(39)47(45)48-44-12-8-6-10-40(44)18-24-46(48)56-36-32-52-28-26-50-30-34-54-42-21-15-38(4-2)16-22-42/h1-2,5-24H,25-36H2. The van der Waals surface area contributed by atoms with Crippen LogP contribution in [0.25, 0.3) is 32.7 Å². The maximum absolute atomic E-state index is 6.44. The second-order valence-corrected chi connectivity index (χ2v) is 12.5. The summed E-state index contributed by atoms with van der Waals surface area (Å²) >= 11 is 0. The van der Waals surface area contributed by atoms with Crippen molar-refractivity contribution in [2.75, 3.05) is 79.3 Å². The molecule has 8 nitrogen and oxygen atoms in total. The summed E-state index contributed by atoms with van der Waals surface area (Å²) in [5, 5.41) is 4.34. The molecule has 0 heterocycles. The van der Waals surface area contributed by atoms with Crippen LogP contribution in [-0.2, 0) is 18.9 Å². The Bertz CT molecular complexity index is 2040. The predicted molar refractivity (Wildman–Crippen MR) is 221 cm³/mol. The minimum absolute atomic E-state index is 0.366. The van der Waals surface area contributed by atoms with Gasteiger partial charge in [0.05, 0.1) is 52.9 Å². The molecular formula is C48H46O8. The van der Waals surface area contributed by atoms with Crippen LogP contribution in [0.4, 0.5) is 0 Å². The van der Waals surface area contributed by atoms with Crippen molar-refractivity contribution in [1.29, 1.82) is 0 Å². The van der Waals surface area contributed by atoms with E-state index < -0.39 is 0 Å². The molecule has 0 amide bonds. The van der Waals surface area contributed by atoms with Crippen molar-refractivity contribution in [2.24, 2.45) is 0 Å². The van der Waals surface area contributed by atoms with Crippen LogP contribution in [0, 0.1) is 24.7 Å². The fourth-order valence-corrected chi connectivity index (χ4v) is 6.06. The van der Waals surface area contributed by atoms with Crippen LogP contribution in [0.1, 0.15) is 11.1 Å². The van der Waals surface area contributed by atoms with Crippen LogP contribution in [0.2, 0.25) is 0 Å². The van der Waals surface area contributed by atoms with Crippen LogP contribution >= 0.6 is 0 Å². The Balaban J connectivity index is 0.992. The molecule has 6 aromatic carbocycles. The highest BCUT2D eigenvalue weighted by molar-refractivity contribution is 6.09. The van der Waals surface area contributed by atoms with Gasteiger partial charge in [-0.2, -0.15) is 0 Å². The average Bonchev–Trinajstić information content (AvgIpc) is 3.25. The lowest BCUT2D eigenvalue weighted by molar-refractivity contribution is 0.0272. The Hall–Kier alpha value is -6.00. The molecule has 0 unspecified atom stereocenters. The Morgan fingerprint density at radius 2 is 0.679 bits per heavy atom. The van der Waals surface area contributed by atoms with E-state index in [9.17, 15) is 0 Å². The Morgan fingerprint density at radius 1 is 0.339 bits per heavy atom. The zero-order valence-electron chi connectivity index (χ0n) is 31.5. The summed E-state index contributed by atoms with van der Waals surface area (Å²) in [5.74, 6) is 8.20. The summed E-state index contributed by atoms with van der Waals surface area (Å²) in [5.41, 5.74) is 3.57. The van der Waals surface area contributed by atoms with Gasteiger partial charge in [-0.1, -0.05) is 72.5 Å². The van der Waals surface area contributed by atoms with Gasteiger partial charge in [-0.15, -0.1) is 12.8 Å². The largest absolute Gasteiger partial charge is 0.491 e. The first-order valence-electron chi connectivity index (χ1n) is 18.7. The lowest BCUT2D eigenvalue weighted by atomic mass is 9.92. The predicted octanol–water partition coefficient (Wildman–Crippen LogP) is 8.60. The molecule has 286 valence electrons. The van der Waals surface area contributed by atoms with Crippen LogP contribution in [0.3, 0.4) is 0 Å². The molecule has 6 aromatic rings. The molecule has 0 spiro atoms. The highest BCUT2D eigenvalue weighted by Gasteiger charge is 2.19. The quantitative estimate of drug-likeness (QED) is 0.0477. The molecule has 8 heteroatoms. The minimum atomic E-state index is 0.366. The normalized spacial score (nSPS) is 10.9. The number of terminal acetylenes is 2. The minimum Gasteiger partial charge on any atom is -0.491 e. The fraction of sp³-hybridized carbons (Fsp3) is 0.250. The third-order valence-electron chi connectivity index (χ3n) is 8.78. The van der Waals surface area contributed by atoms with E-state index in [4.69, 9.17) is 50.7 Å². The topological polar surface area (TPSA) is 73.8 Å². The van der Waals surface area contributed by atoms with Crippen molar-refractivity contribution in [3.63, 3.8) is 0 Å². The van der Waals surface area contributed by atoms with Gasteiger partial charge >= 0.3 is 0 Å². The Labute approximate surface area is 329 Å². The smallest absolute Gasteiger partial charge is 0.128 e. The second-order valence-electron chi connectivity index (χ2n) is 12.5. The van der Waals surface area contributed by atoms with Gasteiger partial charge < -0.3 is 37.9 Å². The van der Waals surface area contributed by atoms with Crippen molar-refractivity contribution < 1.29 is 37.9 Å². The van der Waals surface area contributed by atoms with Gasteiger partial charge in [0.2, 0.25) is 0 Å². The van der Waals surface area contributed by atoms with Gasteiger partial charge in [0.1, 0.15) is 49.4 Å². The number of hydrogen-bond acceptors (Lipinski definition) is 8. The molecule has 0 saturated heterocycles. The molecule has 0 aliphatic carbocycles. The third-order valence-corrected chi connectivity index (χ3v) is 8.78. The van der Waals surface area contributed by atoms with Gasteiger partial charge in [0.15, 0.2) is 0 Å². The SMILES string of the molecule is C#Cc1ccc(OCCOCCOCCOc2ccc3ccccc3c2-c2c(OCCOCCOCCOc3ccc(C#C)cc3)ccc3ccccc23)cc1. The highest BCUT2D eigenvalue weighted by Crippen LogP contribution is 2.45. The van der Waals surface area contributed by atoms with E-state index in [2.05, 4.69) is 48.2 Å². The maximum atomic E-state index is 6.44. The monoisotopic (exact) mass is 750 g/mol. The van der Waals surface area contributed by atoms with Gasteiger partial charge in [-0.05, 0) is 82.2 Å². The summed E-state index contributed by atoms with van der Waals surface area (Å²) in [6.07, 6.45) is 10.8. The molecule has 0 fully saturated rings. The zero-order chi connectivity index (χ0) is 38.6. The molecule has 0 aromatic heterocycles. The van der Waals surface area contributed by atoms with Gasteiger partial charge in [-0.3, -0.25) is 0 Å². The second kappa shape index (κ2) is 21.8. The molecule has 6 rings (SSSR count). The summed E-state index contributed by atoms with van der Waals surface area (Å²) in [6, 6.07) is 39.7. The Morgan fingerprint density at radius 3 is 1.05 bits per heavy atom. The first kappa shape index (κ1) is 39.7. The van der Waals surface area contributed by atoms with Gasteiger partial charge in [0, 0.05) is 22.3 Å². The Kier molecular flexibility index (Phi) is 15.4. The molecule has 0 bridgehead atoms. The van der Waals surface area contributed by atoms with Gasteiger partial charge in [0.25, 0.3) is 0 Å². The molecule has 0 saturated carbocycles. The van der Waals surface area contributed by atoms with Crippen molar-refractivity contribution in [1.82, 2.24) is 0 Å². The molecule has 56 heavy (non-hydrogen) atoms. The summed E-state index contributed by atoms with van der Waals surface area (Å²) in [6.45, 7) is 5.11. The van der Waals surface area contributed by atoms with E-state index in [0.717, 1.165) is 66.8 Å². The molecular weight excluding hydrogens is 705 g/mol. The van der Waals surface area contributed by atoms with E-state index in [1.54, 1.807) is 0 Å². The molecule has 0 aliphatic rings. The molecule has 0 aliphatic heterocycles. The van der Waals surface area contributed by atoms with Crippen LogP contribution < -0.4 is 18.9 Å². The van der Waals surface area contributed by atoms with Crippen LogP contribution in [-0.4, -0.2) is 79.3 Å². The number of fused-ring (bicyclic) bond motifs is 2. The van der Waals surface area contributed by atoms with Crippen molar-refractivity contribution >= 4 is 21.5 Å². The van der Waals surface area contributed by atoms with Gasteiger partial charge in [-0.25, -0.2) is 0 Å². The number of ether oxygens (including phenoxy) is 8. The van der Waals surface area contributed by atoms with E-state index in [1.165, 1.54) is 0 Å². The molecule has 0 radical (unpaired) electrons. The van der Waals surface area contributed by atoms with Crippen LogP contribution in [0.15, 0.2) is 121 Å². The van der Waals surface area contributed by atoms with Crippen LogP contribution in [0.5, 0.6) is 23.0 Å². The lowest BCUT2D eigenvalue weighted by Crippen LogP contribution is -2.14. The molecule has 0 N–H and O–H groups in total. The van der Waals surface area contributed by atoms with Crippen molar-refractivity contribution in [3.8, 4) is 58.8 Å². The third kappa shape index (κ3) is 11.5. The van der Waals surface area contributed by atoms with E-state index in [0.29, 0.717) is 79.3 Å². The van der Waals surface area contributed by atoms with E-state index >= 15 is 0 Å². The van der Waals surface area contributed by atoms with E-state index in [-0.39, 0.29) is 0 Å². The first-order chi connectivity index (χ1) is 27.7. The summed E-state index contributed by atoms with van der Waals surface area (Å²) < 4.78 is 47.3. The first-order valence-corrected chi connectivity index (χ1v) is 18.7. The summed E-state index contributed by atoms with van der Waals surface area (Å²) in [7, 11) is 0. The summed E-state index contributed by atoms with van der Waals surface area (Å²) in [4.78, 5) is 0. The zero-order valence-corrected chi connectivity index (χ0v) is 31.5. The average molecular weight is 751 g/mol. The fourth-order valence-electron chi connectivity index (χ4n) is 6.06. The number of benzene rings is 6. The number of rotatable bonds is 23. The van der Waals surface area contributed by atoms with E-state index in [1.807, 2.05) is 84.9 Å². The number of hydrogen-bond donors (Lipinski definition) is 0. The maximum Gasteiger partial charge on any atom is 0.128 e. The molecule has 0 atom stereocenters.